The van der Waals surface area contributed by atoms with Crippen molar-refractivity contribution in [2.75, 3.05) is 13.2 Å². The summed E-state index contributed by atoms with van der Waals surface area (Å²) in [4.78, 5) is 0. The smallest absolute Gasteiger partial charge is 0.225 e. The number of hydrogen-bond acceptors (Lipinski definition) is 5. The van der Waals surface area contributed by atoms with Crippen molar-refractivity contribution < 1.29 is 24.8 Å². The van der Waals surface area contributed by atoms with Crippen LogP contribution in [0.5, 0.6) is 0 Å². The second kappa shape index (κ2) is 5.42. The third kappa shape index (κ3) is 2.16. The van der Waals surface area contributed by atoms with Crippen molar-refractivity contribution in [3.05, 3.63) is 35.4 Å². The first-order valence-electron chi connectivity index (χ1n) is 7.04. The molecule has 1 spiro atoms. The van der Waals surface area contributed by atoms with Gasteiger partial charge >= 0.3 is 0 Å². The van der Waals surface area contributed by atoms with E-state index < -0.39 is 18.0 Å². The van der Waals surface area contributed by atoms with Gasteiger partial charge < -0.3 is 24.8 Å². The maximum atomic E-state index is 10.4. The second-order valence-electron chi connectivity index (χ2n) is 5.42. The van der Waals surface area contributed by atoms with E-state index in [1.54, 1.807) is 0 Å². The minimum atomic E-state index is -1.31. The van der Waals surface area contributed by atoms with Gasteiger partial charge in [-0.05, 0) is 18.4 Å². The summed E-state index contributed by atoms with van der Waals surface area (Å²) in [6, 6.07) is 7.66. The quantitative estimate of drug-likeness (QED) is 0.726. The molecule has 0 aromatic heterocycles. The number of aliphatic hydroxyl groups is 3. The van der Waals surface area contributed by atoms with Gasteiger partial charge in [0.2, 0.25) is 5.79 Å². The van der Waals surface area contributed by atoms with Gasteiger partial charge in [-0.1, -0.05) is 24.3 Å². The lowest BCUT2D eigenvalue weighted by atomic mass is 9.84. The Morgan fingerprint density at radius 3 is 2.85 bits per heavy atom. The number of rotatable bonds is 2. The summed E-state index contributed by atoms with van der Waals surface area (Å²) in [5, 5.41) is 29.6. The summed E-state index contributed by atoms with van der Waals surface area (Å²) in [6.07, 6.45) is -0.907. The summed E-state index contributed by atoms with van der Waals surface area (Å²) < 4.78 is 11.8. The van der Waals surface area contributed by atoms with Crippen LogP contribution in [0.4, 0.5) is 0 Å². The van der Waals surface area contributed by atoms with Gasteiger partial charge in [0, 0.05) is 18.6 Å². The molecule has 3 unspecified atom stereocenters. The van der Waals surface area contributed by atoms with Crippen LogP contribution in [-0.2, 0) is 21.7 Å². The van der Waals surface area contributed by atoms with Gasteiger partial charge in [0.1, 0.15) is 6.10 Å². The Bertz CT molecular complexity index is 477. The van der Waals surface area contributed by atoms with Crippen molar-refractivity contribution in [2.45, 2.75) is 43.4 Å². The van der Waals surface area contributed by atoms with E-state index in [2.05, 4.69) is 0 Å². The van der Waals surface area contributed by atoms with Crippen LogP contribution in [0.1, 0.15) is 24.0 Å². The first kappa shape index (κ1) is 14.0. The molecule has 2 heterocycles. The molecule has 3 rings (SSSR count). The molecule has 0 radical (unpaired) electrons. The Balaban J connectivity index is 2.01. The molecule has 1 aromatic carbocycles. The molecule has 1 fully saturated rings. The standard InChI is InChI=1S/C15H20O5/c16-7-5-11-9-13(17)14(18)15(20-11)12-4-2-1-3-10(12)6-8-19-15/h1-4,11,13-14,16-18H,5-9H2/t11?,13?,14?,15-/m0/s1. The van der Waals surface area contributed by atoms with Gasteiger partial charge in [0.25, 0.3) is 0 Å². The molecule has 110 valence electrons. The summed E-state index contributed by atoms with van der Waals surface area (Å²) in [5.74, 6) is -1.31. The first-order valence-corrected chi connectivity index (χ1v) is 7.04. The third-order valence-corrected chi connectivity index (χ3v) is 4.13. The zero-order chi connectivity index (χ0) is 14.2. The third-order valence-electron chi connectivity index (χ3n) is 4.13. The van der Waals surface area contributed by atoms with Crippen LogP contribution in [0.25, 0.3) is 0 Å². The van der Waals surface area contributed by atoms with Crippen molar-refractivity contribution >= 4 is 0 Å². The van der Waals surface area contributed by atoms with Crippen LogP contribution in [0.2, 0.25) is 0 Å². The maximum absolute atomic E-state index is 10.4. The highest BCUT2D eigenvalue weighted by molar-refractivity contribution is 5.34. The number of fused-ring (bicyclic) bond motifs is 2. The average molecular weight is 280 g/mol. The topological polar surface area (TPSA) is 79.2 Å². The van der Waals surface area contributed by atoms with Crippen molar-refractivity contribution in [3.8, 4) is 0 Å². The van der Waals surface area contributed by atoms with E-state index in [1.165, 1.54) is 0 Å². The number of benzene rings is 1. The predicted octanol–water partition coefficient (Wildman–Crippen LogP) is 0.305. The van der Waals surface area contributed by atoms with Crippen LogP contribution in [0.15, 0.2) is 24.3 Å². The molecule has 5 nitrogen and oxygen atoms in total. The Hall–Kier alpha value is -0.980. The number of ether oxygens (including phenoxy) is 2. The summed E-state index contributed by atoms with van der Waals surface area (Å²) in [5.41, 5.74) is 1.84. The summed E-state index contributed by atoms with van der Waals surface area (Å²) >= 11 is 0. The summed E-state index contributed by atoms with van der Waals surface area (Å²) in [6.45, 7) is 0.415. The van der Waals surface area contributed by atoms with Crippen molar-refractivity contribution in [3.63, 3.8) is 0 Å². The van der Waals surface area contributed by atoms with Gasteiger partial charge in [-0.25, -0.2) is 0 Å². The highest BCUT2D eigenvalue weighted by atomic mass is 16.7. The zero-order valence-electron chi connectivity index (χ0n) is 11.2. The van der Waals surface area contributed by atoms with Crippen LogP contribution in [0.3, 0.4) is 0 Å². The Labute approximate surface area is 117 Å². The molecule has 0 saturated carbocycles. The molecule has 0 aliphatic carbocycles. The largest absolute Gasteiger partial charge is 0.396 e. The van der Waals surface area contributed by atoms with Crippen LogP contribution < -0.4 is 0 Å². The van der Waals surface area contributed by atoms with Crippen LogP contribution >= 0.6 is 0 Å². The van der Waals surface area contributed by atoms with E-state index >= 15 is 0 Å². The highest BCUT2D eigenvalue weighted by Gasteiger charge is 2.53. The lowest BCUT2D eigenvalue weighted by Gasteiger charge is -2.48. The molecular formula is C15H20O5. The van der Waals surface area contributed by atoms with E-state index in [4.69, 9.17) is 14.6 Å². The molecule has 5 heteroatoms. The minimum Gasteiger partial charge on any atom is -0.396 e. The van der Waals surface area contributed by atoms with E-state index in [-0.39, 0.29) is 12.7 Å². The maximum Gasteiger partial charge on any atom is 0.225 e. The lowest BCUT2D eigenvalue weighted by molar-refractivity contribution is -0.355. The van der Waals surface area contributed by atoms with Gasteiger partial charge in [0.15, 0.2) is 0 Å². The van der Waals surface area contributed by atoms with Crippen molar-refractivity contribution in [2.24, 2.45) is 0 Å². The molecule has 1 saturated heterocycles. The molecule has 0 amide bonds. The molecule has 4 atom stereocenters. The molecule has 3 N–H and O–H groups in total. The Morgan fingerprint density at radius 1 is 1.25 bits per heavy atom. The fourth-order valence-corrected chi connectivity index (χ4v) is 3.15. The SMILES string of the molecule is OCCC1CC(O)C(O)[C@@]2(OCCc3ccccc32)O1. The fourth-order valence-electron chi connectivity index (χ4n) is 3.15. The van der Waals surface area contributed by atoms with Gasteiger partial charge in [-0.2, -0.15) is 0 Å². The highest BCUT2D eigenvalue weighted by Crippen LogP contribution is 2.43. The fraction of sp³-hybridized carbons (Fsp3) is 0.600. The monoisotopic (exact) mass is 280 g/mol. The first-order chi connectivity index (χ1) is 9.67. The molecule has 20 heavy (non-hydrogen) atoms. The Kier molecular flexibility index (Phi) is 3.79. The van der Waals surface area contributed by atoms with Gasteiger partial charge in [0.05, 0.1) is 18.8 Å². The van der Waals surface area contributed by atoms with E-state index in [1.807, 2.05) is 24.3 Å². The minimum absolute atomic E-state index is 0.0226. The van der Waals surface area contributed by atoms with E-state index in [0.29, 0.717) is 19.4 Å². The molecule has 2 aliphatic heterocycles. The lowest BCUT2D eigenvalue weighted by Crippen LogP contribution is -2.59. The van der Waals surface area contributed by atoms with Gasteiger partial charge in [-0.3, -0.25) is 0 Å². The number of aliphatic hydroxyl groups excluding tert-OH is 3. The molecule has 0 bridgehead atoms. The Morgan fingerprint density at radius 2 is 2.05 bits per heavy atom. The summed E-state index contributed by atoms with van der Waals surface area (Å²) in [7, 11) is 0. The number of hydrogen-bond donors (Lipinski definition) is 3. The normalized spacial score (nSPS) is 36.9. The van der Waals surface area contributed by atoms with Gasteiger partial charge in [-0.15, -0.1) is 0 Å². The van der Waals surface area contributed by atoms with Crippen molar-refractivity contribution in [1.29, 1.82) is 0 Å². The van der Waals surface area contributed by atoms with E-state index in [9.17, 15) is 10.2 Å². The molecule has 1 aromatic rings. The van der Waals surface area contributed by atoms with E-state index in [0.717, 1.165) is 17.5 Å². The molecule has 2 aliphatic rings. The predicted molar refractivity (Wildman–Crippen MR) is 71.0 cm³/mol. The zero-order valence-corrected chi connectivity index (χ0v) is 11.2. The second-order valence-corrected chi connectivity index (χ2v) is 5.42. The van der Waals surface area contributed by atoms with Crippen molar-refractivity contribution in [1.82, 2.24) is 0 Å². The molecular weight excluding hydrogens is 260 g/mol. The van der Waals surface area contributed by atoms with Crippen LogP contribution in [0, 0.1) is 0 Å². The average Bonchev–Trinajstić information content (AvgIpc) is 2.45. The van der Waals surface area contributed by atoms with Crippen LogP contribution in [-0.4, -0.2) is 46.8 Å².